The fourth-order valence-electron chi connectivity index (χ4n) is 1.88. The molecule has 1 aliphatic rings. The summed E-state index contributed by atoms with van der Waals surface area (Å²) in [6.07, 6.45) is 2.82. The monoisotopic (exact) mass is 229 g/mol. The van der Waals surface area contributed by atoms with E-state index in [9.17, 15) is 9.59 Å². The number of amides is 2. The number of carbonyl (C=O) groups is 2. The molecule has 6 nitrogen and oxygen atoms in total. The lowest BCUT2D eigenvalue weighted by Gasteiger charge is -2.40. The highest BCUT2D eigenvalue weighted by atomic mass is 16.5. The molecule has 16 heavy (non-hydrogen) atoms. The third-order valence-corrected chi connectivity index (χ3v) is 3.05. The van der Waals surface area contributed by atoms with E-state index in [1.54, 1.807) is 0 Å². The van der Waals surface area contributed by atoms with Crippen molar-refractivity contribution in [3.05, 3.63) is 0 Å². The molecule has 0 heterocycles. The van der Waals surface area contributed by atoms with Crippen molar-refractivity contribution in [3.8, 4) is 0 Å². The number of nitrogens with two attached hydrogens (primary N) is 2. The van der Waals surface area contributed by atoms with Gasteiger partial charge in [-0.3, -0.25) is 4.79 Å². The largest absolute Gasteiger partial charge is 0.448 e. The van der Waals surface area contributed by atoms with Crippen LogP contribution in [0.1, 0.15) is 25.7 Å². The van der Waals surface area contributed by atoms with E-state index < -0.39 is 6.09 Å². The normalized spacial score (nSPS) is 17.3. The van der Waals surface area contributed by atoms with Crippen LogP contribution in [0.2, 0.25) is 0 Å². The molecule has 6 heteroatoms. The first-order valence-electron chi connectivity index (χ1n) is 5.47. The lowest BCUT2D eigenvalue weighted by atomic mass is 9.66. The Morgan fingerprint density at radius 3 is 2.50 bits per heavy atom. The molecule has 0 unspecified atom stereocenters. The van der Waals surface area contributed by atoms with Gasteiger partial charge in [0.25, 0.3) is 0 Å². The zero-order valence-electron chi connectivity index (χ0n) is 9.33. The number of carbonyl (C=O) groups excluding carboxylic acids is 2. The summed E-state index contributed by atoms with van der Waals surface area (Å²) in [7, 11) is 0. The molecule has 0 spiro atoms. The van der Waals surface area contributed by atoms with E-state index in [0.29, 0.717) is 19.5 Å². The van der Waals surface area contributed by atoms with Crippen molar-refractivity contribution in [2.24, 2.45) is 16.9 Å². The number of hydrogen-bond acceptors (Lipinski definition) is 4. The van der Waals surface area contributed by atoms with Crippen LogP contribution in [0.5, 0.6) is 0 Å². The highest BCUT2D eigenvalue weighted by molar-refractivity contribution is 5.76. The third-order valence-electron chi connectivity index (χ3n) is 3.05. The zero-order chi connectivity index (χ0) is 12.0. The molecule has 0 bridgehead atoms. The summed E-state index contributed by atoms with van der Waals surface area (Å²) < 4.78 is 4.49. The van der Waals surface area contributed by atoms with Crippen LogP contribution in [0.4, 0.5) is 4.79 Å². The second-order valence-corrected chi connectivity index (χ2v) is 4.25. The lowest BCUT2D eigenvalue weighted by molar-refractivity contribution is -0.124. The van der Waals surface area contributed by atoms with Gasteiger partial charge in [0, 0.05) is 6.42 Å². The fourth-order valence-corrected chi connectivity index (χ4v) is 1.88. The van der Waals surface area contributed by atoms with Gasteiger partial charge in [0.15, 0.2) is 0 Å². The maximum atomic E-state index is 11.5. The van der Waals surface area contributed by atoms with E-state index in [1.165, 1.54) is 0 Å². The van der Waals surface area contributed by atoms with Crippen molar-refractivity contribution in [2.45, 2.75) is 25.7 Å². The molecule has 0 atom stereocenters. The van der Waals surface area contributed by atoms with Gasteiger partial charge in [-0.15, -0.1) is 0 Å². The van der Waals surface area contributed by atoms with Gasteiger partial charge >= 0.3 is 6.09 Å². The van der Waals surface area contributed by atoms with Crippen molar-refractivity contribution in [3.63, 3.8) is 0 Å². The average Bonchev–Trinajstić information content (AvgIpc) is 2.18. The lowest BCUT2D eigenvalue weighted by Crippen LogP contribution is -2.42. The molecule has 5 N–H and O–H groups in total. The summed E-state index contributed by atoms with van der Waals surface area (Å²) in [5.41, 5.74) is 10.4. The average molecular weight is 229 g/mol. The number of hydrogen-bond donors (Lipinski definition) is 3. The van der Waals surface area contributed by atoms with E-state index in [-0.39, 0.29) is 17.9 Å². The number of ether oxygens (including phenoxy) is 1. The van der Waals surface area contributed by atoms with Crippen LogP contribution in [0.3, 0.4) is 0 Å². The molecule has 0 aromatic rings. The van der Waals surface area contributed by atoms with Gasteiger partial charge in [-0.25, -0.2) is 4.79 Å². The molecule has 0 aromatic carbocycles. The van der Waals surface area contributed by atoms with Gasteiger partial charge in [-0.2, -0.15) is 0 Å². The number of primary amides is 1. The molecule has 1 rings (SSSR count). The topological polar surface area (TPSA) is 107 Å². The Balaban J connectivity index is 2.13. The predicted molar refractivity (Wildman–Crippen MR) is 58.5 cm³/mol. The molecule has 0 saturated heterocycles. The van der Waals surface area contributed by atoms with Crippen molar-refractivity contribution in [1.82, 2.24) is 5.32 Å². The Bertz CT molecular complexity index is 259. The first-order chi connectivity index (χ1) is 7.58. The summed E-state index contributed by atoms with van der Waals surface area (Å²) in [5.74, 6) is -0.0433. The van der Waals surface area contributed by atoms with Crippen LogP contribution in [0, 0.1) is 5.41 Å². The summed E-state index contributed by atoms with van der Waals surface area (Å²) in [6, 6.07) is 0. The van der Waals surface area contributed by atoms with Crippen LogP contribution in [-0.4, -0.2) is 31.7 Å². The van der Waals surface area contributed by atoms with E-state index in [4.69, 9.17) is 11.5 Å². The molecule has 2 amide bonds. The minimum Gasteiger partial charge on any atom is -0.448 e. The molecule has 1 aliphatic carbocycles. The van der Waals surface area contributed by atoms with E-state index in [2.05, 4.69) is 10.1 Å². The molecule has 0 aliphatic heterocycles. The van der Waals surface area contributed by atoms with Crippen molar-refractivity contribution < 1.29 is 14.3 Å². The van der Waals surface area contributed by atoms with Gasteiger partial charge in [0.2, 0.25) is 5.91 Å². The quantitative estimate of drug-likeness (QED) is 0.544. The standard InChI is InChI=1S/C10H19N3O3/c11-7-10(2-1-3-10)6-8(14)13-4-5-16-9(12)15/h1-7,11H2,(H2,12,15)(H,13,14). The smallest absolute Gasteiger partial charge is 0.404 e. The maximum Gasteiger partial charge on any atom is 0.404 e. The van der Waals surface area contributed by atoms with Gasteiger partial charge < -0.3 is 21.5 Å². The zero-order valence-corrected chi connectivity index (χ0v) is 9.33. The van der Waals surface area contributed by atoms with Crippen LogP contribution < -0.4 is 16.8 Å². The Morgan fingerprint density at radius 1 is 1.38 bits per heavy atom. The molecule has 1 saturated carbocycles. The summed E-state index contributed by atoms with van der Waals surface area (Å²) in [4.78, 5) is 21.8. The van der Waals surface area contributed by atoms with E-state index >= 15 is 0 Å². The Kier molecular flexibility index (Phi) is 4.54. The van der Waals surface area contributed by atoms with Crippen LogP contribution in [-0.2, 0) is 9.53 Å². The van der Waals surface area contributed by atoms with Gasteiger partial charge in [-0.05, 0) is 24.8 Å². The molecule has 92 valence electrons. The van der Waals surface area contributed by atoms with Crippen LogP contribution in [0.15, 0.2) is 0 Å². The van der Waals surface area contributed by atoms with E-state index in [1.807, 2.05) is 0 Å². The van der Waals surface area contributed by atoms with Gasteiger partial charge in [-0.1, -0.05) is 6.42 Å². The predicted octanol–water partition coefficient (Wildman–Crippen LogP) is -0.283. The van der Waals surface area contributed by atoms with Crippen molar-refractivity contribution >= 4 is 12.0 Å². The first kappa shape index (κ1) is 12.8. The highest BCUT2D eigenvalue weighted by Gasteiger charge is 2.37. The molecular weight excluding hydrogens is 210 g/mol. The third kappa shape index (κ3) is 3.69. The van der Waals surface area contributed by atoms with Crippen molar-refractivity contribution in [1.29, 1.82) is 0 Å². The first-order valence-corrected chi connectivity index (χ1v) is 5.47. The summed E-state index contributed by atoms with van der Waals surface area (Å²) in [6.45, 7) is 0.956. The summed E-state index contributed by atoms with van der Waals surface area (Å²) >= 11 is 0. The maximum absolute atomic E-state index is 11.5. The van der Waals surface area contributed by atoms with Crippen molar-refractivity contribution in [2.75, 3.05) is 19.7 Å². The minimum atomic E-state index is -0.827. The molecule has 1 fully saturated rings. The second-order valence-electron chi connectivity index (χ2n) is 4.25. The fraction of sp³-hybridized carbons (Fsp3) is 0.800. The molecule has 0 radical (unpaired) electrons. The molecule has 0 aromatic heterocycles. The SMILES string of the molecule is NCC1(CC(=O)NCCOC(N)=O)CCC1. The Hall–Kier alpha value is -1.30. The van der Waals surface area contributed by atoms with Gasteiger partial charge in [0.05, 0.1) is 6.54 Å². The summed E-state index contributed by atoms with van der Waals surface area (Å²) in [5, 5.41) is 2.67. The second kappa shape index (κ2) is 5.69. The van der Waals surface area contributed by atoms with E-state index in [0.717, 1.165) is 19.3 Å². The number of nitrogens with one attached hydrogen (secondary N) is 1. The number of rotatable bonds is 6. The minimum absolute atomic E-state index is 0.00856. The Morgan fingerprint density at radius 2 is 2.06 bits per heavy atom. The van der Waals surface area contributed by atoms with Crippen LogP contribution in [0.25, 0.3) is 0 Å². The van der Waals surface area contributed by atoms with Gasteiger partial charge in [0.1, 0.15) is 6.61 Å². The molecular formula is C10H19N3O3. The van der Waals surface area contributed by atoms with Crippen LogP contribution >= 0.6 is 0 Å². The highest BCUT2D eigenvalue weighted by Crippen LogP contribution is 2.42. The Labute approximate surface area is 94.7 Å².